The molecular formula is C8H7NO2. The molecule has 0 amide bonds. The maximum Gasteiger partial charge on any atom is 0.239 e. The summed E-state index contributed by atoms with van der Waals surface area (Å²) >= 11 is 0. The van der Waals surface area contributed by atoms with Gasteiger partial charge in [-0.05, 0) is 12.1 Å². The minimum Gasteiger partial charge on any atom is -0.469 e. The topological polar surface area (TPSA) is 42.6 Å². The molecule has 0 unspecified atom stereocenters. The van der Waals surface area contributed by atoms with Gasteiger partial charge in [0.1, 0.15) is 5.76 Å². The molecule has 11 heavy (non-hydrogen) atoms. The van der Waals surface area contributed by atoms with Gasteiger partial charge in [0.2, 0.25) is 6.08 Å². The highest BCUT2D eigenvalue weighted by molar-refractivity contribution is 5.34. The van der Waals surface area contributed by atoms with E-state index in [9.17, 15) is 4.79 Å². The van der Waals surface area contributed by atoms with E-state index in [-0.39, 0.29) is 0 Å². The molecule has 1 rings (SSSR count). The van der Waals surface area contributed by atoms with Crippen molar-refractivity contribution in [3.8, 4) is 0 Å². The number of rotatable bonds is 3. The molecule has 0 saturated carbocycles. The molecule has 0 bridgehead atoms. The summed E-state index contributed by atoms with van der Waals surface area (Å²) in [5, 5.41) is 0. The first-order valence-corrected chi connectivity index (χ1v) is 3.18. The zero-order chi connectivity index (χ0) is 7.94. The van der Waals surface area contributed by atoms with Gasteiger partial charge < -0.3 is 4.42 Å². The first-order valence-electron chi connectivity index (χ1n) is 3.18. The molecule has 1 heterocycles. The number of nitrogens with zero attached hydrogens (tertiary/aromatic N) is 1. The third-order valence-corrected chi connectivity index (χ3v) is 1.13. The predicted octanol–water partition coefficient (Wildman–Crippen LogP) is 1.67. The Bertz CT molecular complexity index is 268. The normalized spacial score (nSPS) is 9.82. The van der Waals surface area contributed by atoms with Crippen molar-refractivity contribution < 1.29 is 9.21 Å². The number of hydrogen-bond acceptors (Lipinski definition) is 3. The summed E-state index contributed by atoms with van der Waals surface area (Å²) in [6.07, 6.45) is 6.78. The van der Waals surface area contributed by atoms with Crippen LogP contribution in [0.1, 0.15) is 5.76 Å². The average molecular weight is 149 g/mol. The van der Waals surface area contributed by atoms with Gasteiger partial charge in [0.25, 0.3) is 0 Å². The molecule has 0 spiro atoms. The van der Waals surface area contributed by atoms with Crippen LogP contribution in [0.15, 0.2) is 40.1 Å². The molecule has 1 aromatic heterocycles. The number of isocyanates is 1. The Labute approximate surface area is 64.1 Å². The Kier molecular flexibility index (Phi) is 2.90. The van der Waals surface area contributed by atoms with E-state index in [1.54, 1.807) is 12.3 Å². The molecule has 0 aliphatic rings. The van der Waals surface area contributed by atoms with Crippen LogP contribution in [0.25, 0.3) is 0 Å². The fourth-order valence-electron chi connectivity index (χ4n) is 0.681. The number of furan rings is 1. The molecule has 0 saturated heterocycles. The van der Waals surface area contributed by atoms with Crippen molar-refractivity contribution in [2.75, 3.05) is 0 Å². The van der Waals surface area contributed by atoms with E-state index >= 15 is 0 Å². The molecule has 56 valence electrons. The first-order chi connectivity index (χ1) is 5.43. The molecule has 0 aromatic carbocycles. The molecule has 0 aliphatic carbocycles. The number of hydrogen-bond donors (Lipinski definition) is 0. The van der Waals surface area contributed by atoms with Gasteiger partial charge in [-0.2, -0.15) is 4.99 Å². The van der Waals surface area contributed by atoms with Crippen molar-refractivity contribution in [2.45, 2.75) is 6.42 Å². The highest BCUT2D eigenvalue weighted by Gasteiger charge is 1.88. The van der Waals surface area contributed by atoms with E-state index in [0.29, 0.717) is 6.42 Å². The molecule has 1 aromatic rings. The Hall–Kier alpha value is -1.60. The first kappa shape index (κ1) is 7.51. The van der Waals surface area contributed by atoms with Crippen LogP contribution in [0.4, 0.5) is 0 Å². The smallest absolute Gasteiger partial charge is 0.239 e. The molecule has 3 heteroatoms. The van der Waals surface area contributed by atoms with E-state index in [1.807, 2.05) is 12.1 Å². The van der Waals surface area contributed by atoms with Crippen LogP contribution in [0.2, 0.25) is 0 Å². The second-order valence-corrected chi connectivity index (χ2v) is 1.89. The van der Waals surface area contributed by atoms with Crippen molar-refractivity contribution >= 4 is 6.08 Å². The summed E-state index contributed by atoms with van der Waals surface area (Å²) in [6, 6.07) is 3.67. The summed E-state index contributed by atoms with van der Waals surface area (Å²) in [5.41, 5.74) is 0. The fraction of sp³-hybridized carbons (Fsp3) is 0.125. The van der Waals surface area contributed by atoms with Gasteiger partial charge in [0.15, 0.2) is 0 Å². The van der Waals surface area contributed by atoms with Crippen molar-refractivity contribution in [2.24, 2.45) is 4.99 Å². The van der Waals surface area contributed by atoms with E-state index in [0.717, 1.165) is 5.76 Å². The van der Waals surface area contributed by atoms with E-state index < -0.39 is 0 Å². The van der Waals surface area contributed by atoms with Gasteiger partial charge in [-0.1, -0.05) is 6.08 Å². The van der Waals surface area contributed by atoms with E-state index in [4.69, 9.17) is 4.42 Å². The Morgan fingerprint density at radius 1 is 1.73 bits per heavy atom. The minimum atomic E-state index is 0.651. The Morgan fingerprint density at radius 3 is 3.27 bits per heavy atom. The molecular weight excluding hydrogens is 142 g/mol. The molecule has 0 N–H and O–H groups in total. The number of aliphatic imine (C=N–C) groups is 1. The van der Waals surface area contributed by atoms with Crippen molar-refractivity contribution in [3.63, 3.8) is 0 Å². The highest BCUT2D eigenvalue weighted by Crippen LogP contribution is 2.00. The summed E-state index contributed by atoms with van der Waals surface area (Å²) in [6.45, 7) is 0. The van der Waals surface area contributed by atoms with E-state index in [1.165, 1.54) is 12.3 Å². The molecule has 0 atom stereocenters. The van der Waals surface area contributed by atoms with Crippen LogP contribution in [0.3, 0.4) is 0 Å². The second kappa shape index (κ2) is 4.25. The Morgan fingerprint density at radius 2 is 2.64 bits per heavy atom. The van der Waals surface area contributed by atoms with Crippen molar-refractivity contribution in [1.29, 1.82) is 0 Å². The van der Waals surface area contributed by atoms with Gasteiger partial charge in [-0.25, -0.2) is 4.79 Å². The monoisotopic (exact) mass is 149 g/mol. The van der Waals surface area contributed by atoms with Gasteiger partial charge >= 0.3 is 0 Å². The summed E-state index contributed by atoms with van der Waals surface area (Å²) < 4.78 is 5.02. The quantitative estimate of drug-likeness (QED) is 0.484. The van der Waals surface area contributed by atoms with Crippen molar-refractivity contribution in [1.82, 2.24) is 0 Å². The zero-order valence-corrected chi connectivity index (χ0v) is 5.86. The van der Waals surface area contributed by atoms with Gasteiger partial charge in [0, 0.05) is 12.6 Å². The molecule has 0 fully saturated rings. The summed E-state index contributed by atoms with van der Waals surface area (Å²) in [4.78, 5) is 12.8. The Balaban J connectivity index is 2.39. The maximum absolute atomic E-state index is 9.60. The lowest BCUT2D eigenvalue weighted by molar-refractivity contribution is 0.523. The van der Waals surface area contributed by atoms with Crippen molar-refractivity contribution in [3.05, 3.63) is 36.4 Å². The summed E-state index contributed by atoms with van der Waals surface area (Å²) in [7, 11) is 0. The average Bonchev–Trinajstić information content (AvgIpc) is 2.50. The van der Waals surface area contributed by atoms with Gasteiger partial charge in [0.05, 0.1) is 6.26 Å². The SMILES string of the molecule is O=C=N/C=C\Cc1ccco1. The molecule has 0 radical (unpaired) electrons. The molecule has 3 nitrogen and oxygen atoms in total. The highest BCUT2D eigenvalue weighted by atomic mass is 16.3. The lowest BCUT2D eigenvalue weighted by Gasteiger charge is -1.83. The zero-order valence-electron chi connectivity index (χ0n) is 5.86. The lowest BCUT2D eigenvalue weighted by Crippen LogP contribution is -1.71. The van der Waals surface area contributed by atoms with Crippen LogP contribution >= 0.6 is 0 Å². The summed E-state index contributed by atoms with van der Waals surface area (Å²) in [5.74, 6) is 0.849. The third-order valence-electron chi connectivity index (χ3n) is 1.13. The van der Waals surface area contributed by atoms with Gasteiger partial charge in [-0.3, -0.25) is 0 Å². The number of carbonyl (C=O) groups excluding carboxylic acids is 1. The largest absolute Gasteiger partial charge is 0.469 e. The second-order valence-electron chi connectivity index (χ2n) is 1.89. The lowest BCUT2D eigenvalue weighted by atomic mass is 10.3. The third kappa shape index (κ3) is 2.65. The van der Waals surface area contributed by atoms with Crippen LogP contribution < -0.4 is 0 Å². The standard InChI is InChI=1S/C8H7NO2/c10-7-9-5-1-3-8-4-2-6-11-8/h1-2,4-6H,3H2/b5-1-. The minimum absolute atomic E-state index is 0.651. The van der Waals surface area contributed by atoms with Crippen LogP contribution in [0, 0.1) is 0 Å². The van der Waals surface area contributed by atoms with Gasteiger partial charge in [-0.15, -0.1) is 0 Å². The molecule has 0 aliphatic heterocycles. The van der Waals surface area contributed by atoms with E-state index in [2.05, 4.69) is 4.99 Å². The van der Waals surface area contributed by atoms with Crippen LogP contribution in [-0.2, 0) is 11.2 Å². The maximum atomic E-state index is 9.60. The number of allylic oxidation sites excluding steroid dienone is 1. The predicted molar refractivity (Wildman–Crippen MR) is 39.7 cm³/mol. The van der Waals surface area contributed by atoms with Crippen LogP contribution in [-0.4, -0.2) is 6.08 Å². The van der Waals surface area contributed by atoms with Crippen LogP contribution in [0.5, 0.6) is 0 Å². The fourth-order valence-corrected chi connectivity index (χ4v) is 0.681.